The molecule has 1 saturated heterocycles. The first-order chi connectivity index (χ1) is 8.24. The Hall–Kier alpha value is -1.42. The molecule has 0 atom stereocenters. The number of hydrogen-bond donors (Lipinski definition) is 1. The molecule has 0 aromatic heterocycles. The molecule has 1 aliphatic heterocycles. The molecule has 0 unspecified atom stereocenters. The third-order valence-electron chi connectivity index (χ3n) is 3.20. The second-order valence-corrected chi connectivity index (χ2v) is 4.26. The number of ether oxygens (including phenoxy) is 2. The van der Waals surface area contributed by atoms with Crippen LogP contribution in [0.2, 0.25) is 0 Å². The molecule has 0 bridgehead atoms. The Balaban J connectivity index is 2.16. The van der Waals surface area contributed by atoms with Crippen molar-refractivity contribution in [3.05, 3.63) is 18.2 Å². The number of methoxy groups -OCH3 is 2. The summed E-state index contributed by atoms with van der Waals surface area (Å²) in [4.78, 5) is 2.26. The van der Waals surface area contributed by atoms with Gasteiger partial charge in [-0.1, -0.05) is 0 Å². The van der Waals surface area contributed by atoms with Crippen molar-refractivity contribution in [2.24, 2.45) is 0 Å². The number of aliphatic hydroxyl groups is 1. The van der Waals surface area contributed by atoms with Gasteiger partial charge in [0.2, 0.25) is 0 Å². The van der Waals surface area contributed by atoms with Gasteiger partial charge in [-0.25, -0.2) is 0 Å². The highest BCUT2D eigenvalue weighted by Gasteiger charge is 2.18. The van der Waals surface area contributed by atoms with Crippen LogP contribution in [0.25, 0.3) is 0 Å². The van der Waals surface area contributed by atoms with E-state index in [4.69, 9.17) is 9.47 Å². The second kappa shape index (κ2) is 5.27. The van der Waals surface area contributed by atoms with Gasteiger partial charge in [0.05, 0.1) is 20.3 Å². The molecule has 4 heteroatoms. The van der Waals surface area contributed by atoms with Crippen LogP contribution in [0.5, 0.6) is 11.5 Å². The molecular formula is C13H19NO3. The Morgan fingerprint density at radius 1 is 1.12 bits per heavy atom. The molecule has 0 radical (unpaired) electrons. The van der Waals surface area contributed by atoms with Crippen molar-refractivity contribution in [1.29, 1.82) is 0 Å². The molecule has 4 nitrogen and oxygen atoms in total. The smallest absolute Gasteiger partial charge is 0.162 e. The molecule has 1 aromatic carbocycles. The van der Waals surface area contributed by atoms with E-state index < -0.39 is 0 Å². The van der Waals surface area contributed by atoms with Gasteiger partial charge in [-0.15, -0.1) is 0 Å². The summed E-state index contributed by atoms with van der Waals surface area (Å²) < 4.78 is 10.5. The number of anilines is 1. The Morgan fingerprint density at radius 3 is 2.35 bits per heavy atom. The van der Waals surface area contributed by atoms with Crippen molar-refractivity contribution < 1.29 is 14.6 Å². The van der Waals surface area contributed by atoms with Crippen LogP contribution in [-0.4, -0.2) is 38.5 Å². The molecule has 1 aliphatic rings. The zero-order valence-corrected chi connectivity index (χ0v) is 10.3. The van der Waals surface area contributed by atoms with Crippen LogP contribution >= 0.6 is 0 Å². The minimum absolute atomic E-state index is 0.147. The van der Waals surface area contributed by atoms with Gasteiger partial charge in [0, 0.05) is 24.8 Å². The van der Waals surface area contributed by atoms with Crippen molar-refractivity contribution in [2.45, 2.75) is 18.9 Å². The molecule has 1 heterocycles. The van der Waals surface area contributed by atoms with E-state index >= 15 is 0 Å². The largest absolute Gasteiger partial charge is 0.493 e. The van der Waals surface area contributed by atoms with Gasteiger partial charge < -0.3 is 19.5 Å². The summed E-state index contributed by atoms with van der Waals surface area (Å²) >= 11 is 0. The fourth-order valence-corrected chi connectivity index (χ4v) is 2.15. The monoisotopic (exact) mass is 237 g/mol. The lowest BCUT2D eigenvalue weighted by Gasteiger charge is -2.31. The Labute approximate surface area is 102 Å². The number of piperidine rings is 1. The maximum absolute atomic E-state index is 9.49. The standard InChI is InChI=1S/C13H19NO3/c1-16-12-4-3-10(9-13(12)17-2)14-7-5-11(15)6-8-14/h3-4,9,11,15H,5-8H2,1-2H3. The van der Waals surface area contributed by atoms with Crippen molar-refractivity contribution in [3.63, 3.8) is 0 Å². The summed E-state index contributed by atoms with van der Waals surface area (Å²) in [5, 5.41) is 9.49. The van der Waals surface area contributed by atoms with E-state index in [1.54, 1.807) is 14.2 Å². The number of rotatable bonds is 3. The van der Waals surface area contributed by atoms with E-state index in [-0.39, 0.29) is 6.10 Å². The number of benzene rings is 1. The fraction of sp³-hybridized carbons (Fsp3) is 0.538. The van der Waals surface area contributed by atoms with Crippen molar-refractivity contribution in [2.75, 3.05) is 32.2 Å². The normalized spacial score (nSPS) is 17.0. The van der Waals surface area contributed by atoms with E-state index in [0.29, 0.717) is 0 Å². The zero-order valence-electron chi connectivity index (χ0n) is 10.3. The van der Waals surface area contributed by atoms with Crippen LogP contribution in [0.4, 0.5) is 5.69 Å². The van der Waals surface area contributed by atoms with Gasteiger partial charge in [0.1, 0.15) is 0 Å². The van der Waals surface area contributed by atoms with Crippen LogP contribution in [0, 0.1) is 0 Å². The third-order valence-corrected chi connectivity index (χ3v) is 3.20. The third kappa shape index (κ3) is 2.64. The van der Waals surface area contributed by atoms with Crippen LogP contribution in [0.3, 0.4) is 0 Å². The van der Waals surface area contributed by atoms with E-state index in [1.807, 2.05) is 18.2 Å². The first kappa shape index (κ1) is 12.0. The second-order valence-electron chi connectivity index (χ2n) is 4.26. The molecule has 1 N–H and O–H groups in total. The average molecular weight is 237 g/mol. The molecule has 0 aliphatic carbocycles. The lowest BCUT2D eigenvalue weighted by molar-refractivity contribution is 0.145. The highest BCUT2D eigenvalue weighted by molar-refractivity contribution is 5.56. The first-order valence-corrected chi connectivity index (χ1v) is 5.89. The molecule has 17 heavy (non-hydrogen) atoms. The lowest BCUT2D eigenvalue weighted by atomic mass is 10.1. The van der Waals surface area contributed by atoms with Crippen LogP contribution in [0.1, 0.15) is 12.8 Å². The minimum atomic E-state index is -0.147. The predicted molar refractivity (Wildman–Crippen MR) is 67.0 cm³/mol. The van der Waals surface area contributed by atoms with Crippen molar-refractivity contribution >= 4 is 5.69 Å². The van der Waals surface area contributed by atoms with E-state index in [9.17, 15) is 5.11 Å². The maximum Gasteiger partial charge on any atom is 0.162 e. The van der Waals surface area contributed by atoms with Gasteiger partial charge in [0.15, 0.2) is 11.5 Å². The molecule has 94 valence electrons. The highest BCUT2D eigenvalue weighted by atomic mass is 16.5. The molecule has 0 saturated carbocycles. The molecule has 1 fully saturated rings. The highest BCUT2D eigenvalue weighted by Crippen LogP contribution is 2.32. The van der Waals surface area contributed by atoms with Crippen LogP contribution < -0.4 is 14.4 Å². The summed E-state index contributed by atoms with van der Waals surface area (Å²) in [6.45, 7) is 1.77. The quantitative estimate of drug-likeness (QED) is 0.868. The Kier molecular flexibility index (Phi) is 3.74. The Morgan fingerprint density at radius 2 is 1.76 bits per heavy atom. The maximum atomic E-state index is 9.49. The van der Waals surface area contributed by atoms with Crippen molar-refractivity contribution in [1.82, 2.24) is 0 Å². The molecule has 2 rings (SSSR count). The Bertz CT molecular complexity index is 373. The molecular weight excluding hydrogens is 218 g/mol. The number of hydrogen-bond acceptors (Lipinski definition) is 4. The van der Waals surface area contributed by atoms with Gasteiger partial charge in [-0.2, -0.15) is 0 Å². The SMILES string of the molecule is COc1ccc(N2CCC(O)CC2)cc1OC. The van der Waals surface area contributed by atoms with Gasteiger partial charge >= 0.3 is 0 Å². The predicted octanol–water partition coefficient (Wildman–Crippen LogP) is 1.66. The molecule has 0 spiro atoms. The van der Waals surface area contributed by atoms with Gasteiger partial charge in [-0.05, 0) is 25.0 Å². The van der Waals surface area contributed by atoms with Crippen LogP contribution in [0.15, 0.2) is 18.2 Å². The van der Waals surface area contributed by atoms with Crippen molar-refractivity contribution in [3.8, 4) is 11.5 Å². The van der Waals surface area contributed by atoms with Gasteiger partial charge in [-0.3, -0.25) is 0 Å². The zero-order chi connectivity index (χ0) is 12.3. The van der Waals surface area contributed by atoms with E-state index in [2.05, 4.69) is 4.90 Å². The lowest BCUT2D eigenvalue weighted by Crippen LogP contribution is -2.35. The topological polar surface area (TPSA) is 41.9 Å². The average Bonchev–Trinajstić information content (AvgIpc) is 2.39. The van der Waals surface area contributed by atoms with E-state index in [1.165, 1.54) is 0 Å². The summed E-state index contributed by atoms with van der Waals surface area (Å²) in [5.41, 5.74) is 1.12. The summed E-state index contributed by atoms with van der Waals surface area (Å²) in [5.74, 6) is 1.49. The number of aliphatic hydroxyl groups excluding tert-OH is 1. The molecule has 0 amide bonds. The van der Waals surface area contributed by atoms with Gasteiger partial charge in [0.25, 0.3) is 0 Å². The van der Waals surface area contributed by atoms with Crippen LogP contribution in [-0.2, 0) is 0 Å². The minimum Gasteiger partial charge on any atom is -0.493 e. The molecule has 1 aromatic rings. The van der Waals surface area contributed by atoms with E-state index in [0.717, 1.165) is 43.1 Å². The fourth-order valence-electron chi connectivity index (χ4n) is 2.15. The summed E-state index contributed by atoms with van der Waals surface area (Å²) in [7, 11) is 3.27. The first-order valence-electron chi connectivity index (χ1n) is 5.89. The summed E-state index contributed by atoms with van der Waals surface area (Å²) in [6.07, 6.45) is 1.51. The number of nitrogens with zero attached hydrogens (tertiary/aromatic N) is 1. The summed E-state index contributed by atoms with van der Waals surface area (Å²) in [6, 6.07) is 5.93.